The van der Waals surface area contributed by atoms with Crippen LogP contribution in [0.1, 0.15) is 12.0 Å². The second-order valence-electron chi connectivity index (χ2n) is 7.94. The number of aliphatic carboxylic acids is 1. The van der Waals surface area contributed by atoms with Crippen LogP contribution in [0.3, 0.4) is 0 Å². The zero-order valence-corrected chi connectivity index (χ0v) is 18.5. The van der Waals surface area contributed by atoms with Crippen LogP contribution < -0.4 is 4.74 Å². The van der Waals surface area contributed by atoms with Crippen LogP contribution in [-0.2, 0) is 11.2 Å². The van der Waals surface area contributed by atoms with Gasteiger partial charge in [0.1, 0.15) is 16.9 Å². The molecule has 1 atom stereocenters. The molecule has 0 aliphatic rings. The maximum Gasteiger partial charge on any atom is 0.344 e. The second-order valence-corrected chi connectivity index (χ2v) is 8.38. The predicted molar refractivity (Wildman–Crippen MR) is 131 cm³/mol. The summed E-state index contributed by atoms with van der Waals surface area (Å²) in [6.07, 6.45) is 0.00529. The van der Waals surface area contributed by atoms with Crippen LogP contribution in [-0.4, -0.2) is 17.2 Å². The number of furan rings is 1. The SMILES string of the molecule is O=C(O)C(CCc1ccc(-c2ccc(Cl)cc2)cc1)Oc1ccc2oc3ccccc3c2c1. The summed E-state index contributed by atoms with van der Waals surface area (Å²) < 4.78 is 11.7. The summed E-state index contributed by atoms with van der Waals surface area (Å²) in [6, 6.07) is 29.0. The Hall–Kier alpha value is -3.76. The standard InChI is InChI=1S/C28H21ClO4/c29-21-12-10-20(11-13-21)19-8-5-18(6-9-19)7-15-27(28(30)31)32-22-14-16-26-24(17-22)23-3-1-2-4-25(23)33-26/h1-6,8-14,16-17,27H,7,15H2,(H,30,31). The number of fused-ring (bicyclic) bond motifs is 3. The van der Waals surface area contributed by atoms with Gasteiger partial charge >= 0.3 is 5.97 Å². The van der Waals surface area contributed by atoms with Crippen LogP contribution in [0.4, 0.5) is 0 Å². The maximum atomic E-state index is 11.9. The summed E-state index contributed by atoms with van der Waals surface area (Å²) in [7, 11) is 0. The Bertz CT molecular complexity index is 1420. The van der Waals surface area contributed by atoms with Crippen LogP contribution in [0.2, 0.25) is 5.02 Å². The number of carboxylic acids is 1. The van der Waals surface area contributed by atoms with Gasteiger partial charge in [-0.1, -0.05) is 66.2 Å². The average molecular weight is 457 g/mol. The van der Waals surface area contributed by atoms with E-state index in [0.29, 0.717) is 23.6 Å². The Labute approximate surface area is 196 Å². The molecule has 0 bridgehead atoms. The van der Waals surface area contributed by atoms with Crippen molar-refractivity contribution in [3.8, 4) is 16.9 Å². The molecule has 5 heteroatoms. The van der Waals surface area contributed by atoms with Crippen molar-refractivity contribution in [3.05, 3.63) is 102 Å². The molecule has 0 aliphatic carbocycles. The van der Waals surface area contributed by atoms with E-state index in [2.05, 4.69) is 0 Å². The van der Waals surface area contributed by atoms with E-state index >= 15 is 0 Å². The molecule has 0 saturated carbocycles. The van der Waals surface area contributed by atoms with E-state index in [1.165, 1.54) is 0 Å². The first-order chi connectivity index (χ1) is 16.1. The van der Waals surface area contributed by atoms with Crippen molar-refractivity contribution < 1.29 is 19.1 Å². The largest absolute Gasteiger partial charge is 0.479 e. The molecular weight excluding hydrogens is 436 g/mol. The Balaban J connectivity index is 1.29. The van der Waals surface area contributed by atoms with Gasteiger partial charge in [-0.2, -0.15) is 0 Å². The van der Waals surface area contributed by atoms with E-state index in [4.69, 9.17) is 20.8 Å². The fraction of sp³-hybridized carbons (Fsp3) is 0.107. The van der Waals surface area contributed by atoms with Gasteiger partial charge in [0.2, 0.25) is 0 Å². The second kappa shape index (κ2) is 9.00. The highest BCUT2D eigenvalue weighted by molar-refractivity contribution is 6.30. The topological polar surface area (TPSA) is 59.7 Å². The number of hydrogen-bond acceptors (Lipinski definition) is 3. The van der Waals surface area contributed by atoms with Gasteiger partial charge in [0, 0.05) is 15.8 Å². The molecule has 0 saturated heterocycles. The molecule has 4 nitrogen and oxygen atoms in total. The molecule has 164 valence electrons. The molecule has 0 amide bonds. The van der Waals surface area contributed by atoms with Crippen LogP contribution in [0.5, 0.6) is 5.75 Å². The van der Waals surface area contributed by atoms with Crippen LogP contribution in [0.15, 0.2) is 95.4 Å². The highest BCUT2D eigenvalue weighted by Gasteiger charge is 2.20. The van der Waals surface area contributed by atoms with E-state index in [1.54, 1.807) is 6.07 Å². The first-order valence-corrected chi connectivity index (χ1v) is 11.1. The van der Waals surface area contributed by atoms with Gasteiger partial charge < -0.3 is 14.3 Å². The number of rotatable bonds is 7. The predicted octanol–water partition coefficient (Wildman–Crippen LogP) is 7.37. The lowest BCUT2D eigenvalue weighted by molar-refractivity contribution is -0.145. The van der Waals surface area contributed by atoms with E-state index in [-0.39, 0.29) is 0 Å². The lowest BCUT2D eigenvalue weighted by Gasteiger charge is -2.15. The maximum absolute atomic E-state index is 11.9. The molecule has 0 spiro atoms. The highest BCUT2D eigenvalue weighted by Crippen LogP contribution is 2.32. The number of aryl methyl sites for hydroxylation is 1. The first-order valence-electron chi connectivity index (χ1n) is 10.7. The molecular formula is C28H21ClO4. The number of para-hydroxylation sites is 1. The summed E-state index contributed by atoms with van der Waals surface area (Å²) in [6.45, 7) is 0. The minimum Gasteiger partial charge on any atom is -0.479 e. The Kier molecular flexibility index (Phi) is 5.76. The fourth-order valence-corrected chi connectivity index (χ4v) is 4.11. The fourth-order valence-electron chi connectivity index (χ4n) is 3.98. The molecule has 5 rings (SSSR count). The van der Waals surface area contributed by atoms with Crippen molar-refractivity contribution in [1.29, 1.82) is 0 Å². The van der Waals surface area contributed by atoms with Crippen molar-refractivity contribution in [3.63, 3.8) is 0 Å². The van der Waals surface area contributed by atoms with Gasteiger partial charge in [-0.05, 0) is 65.9 Å². The Morgan fingerprint density at radius 1 is 0.848 bits per heavy atom. The third-order valence-electron chi connectivity index (χ3n) is 5.73. The molecule has 33 heavy (non-hydrogen) atoms. The summed E-state index contributed by atoms with van der Waals surface area (Å²) in [5, 5.41) is 12.3. The number of ether oxygens (including phenoxy) is 1. The molecule has 1 aromatic heterocycles. The third kappa shape index (κ3) is 4.57. The van der Waals surface area contributed by atoms with Crippen LogP contribution >= 0.6 is 11.6 Å². The van der Waals surface area contributed by atoms with E-state index in [1.807, 2.05) is 84.9 Å². The number of benzene rings is 4. The monoisotopic (exact) mass is 456 g/mol. The van der Waals surface area contributed by atoms with Crippen molar-refractivity contribution >= 4 is 39.5 Å². The molecule has 1 N–H and O–H groups in total. The quantitative estimate of drug-likeness (QED) is 0.277. The number of carboxylic acid groups (broad SMARTS) is 1. The summed E-state index contributed by atoms with van der Waals surface area (Å²) in [5.74, 6) is -0.468. The lowest BCUT2D eigenvalue weighted by atomic mass is 10.0. The molecule has 1 unspecified atom stereocenters. The highest BCUT2D eigenvalue weighted by atomic mass is 35.5. The molecule has 0 radical (unpaired) electrons. The van der Waals surface area contributed by atoms with Crippen molar-refractivity contribution in [2.45, 2.75) is 18.9 Å². The van der Waals surface area contributed by atoms with Gasteiger partial charge in [0.05, 0.1) is 0 Å². The Morgan fingerprint density at radius 3 is 2.24 bits per heavy atom. The minimum atomic E-state index is -0.982. The van der Waals surface area contributed by atoms with Gasteiger partial charge in [-0.15, -0.1) is 0 Å². The summed E-state index contributed by atoms with van der Waals surface area (Å²) in [4.78, 5) is 11.9. The van der Waals surface area contributed by atoms with E-state index in [0.717, 1.165) is 38.6 Å². The smallest absolute Gasteiger partial charge is 0.344 e. The Morgan fingerprint density at radius 2 is 1.52 bits per heavy atom. The number of halogens is 1. The van der Waals surface area contributed by atoms with Crippen molar-refractivity contribution in [2.24, 2.45) is 0 Å². The van der Waals surface area contributed by atoms with Crippen molar-refractivity contribution in [2.75, 3.05) is 0 Å². The van der Waals surface area contributed by atoms with Crippen LogP contribution in [0, 0.1) is 0 Å². The third-order valence-corrected chi connectivity index (χ3v) is 5.98. The lowest BCUT2D eigenvalue weighted by Crippen LogP contribution is -2.27. The van der Waals surface area contributed by atoms with Gasteiger partial charge in [0.15, 0.2) is 6.10 Å². The zero-order valence-electron chi connectivity index (χ0n) is 17.7. The molecule has 0 fully saturated rings. The van der Waals surface area contributed by atoms with Gasteiger partial charge in [-0.25, -0.2) is 4.79 Å². The average Bonchev–Trinajstić information content (AvgIpc) is 3.20. The molecule has 0 aliphatic heterocycles. The number of carbonyl (C=O) groups is 1. The summed E-state index contributed by atoms with van der Waals surface area (Å²) in [5.41, 5.74) is 4.76. The van der Waals surface area contributed by atoms with E-state index < -0.39 is 12.1 Å². The molecule has 1 heterocycles. The van der Waals surface area contributed by atoms with Crippen molar-refractivity contribution in [1.82, 2.24) is 0 Å². The first kappa shape index (κ1) is 21.1. The normalized spacial score (nSPS) is 12.2. The zero-order chi connectivity index (χ0) is 22.8. The molecule has 5 aromatic rings. The summed E-state index contributed by atoms with van der Waals surface area (Å²) >= 11 is 5.96. The molecule has 4 aromatic carbocycles. The van der Waals surface area contributed by atoms with Crippen LogP contribution in [0.25, 0.3) is 33.1 Å². The van der Waals surface area contributed by atoms with Gasteiger partial charge in [-0.3, -0.25) is 0 Å². The number of hydrogen-bond donors (Lipinski definition) is 1. The van der Waals surface area contributed by atoms with Gasteiger partial charge in [0.25, 0.3) is 0 Å². The van der Waals surface area contributed by atoms with E-state index in [9.17, 15) is 9.90 Å². The minimum absolute atomic E-state index is 0.361.